The number of rotatable bonds is 4. The number of hydrogen-bond acceptors (Lipinski definition) is 3. The van der Waals surface area contributed by atoms with E-state index in [9.17, 15) is 8.78 Å². The van der Waals surface area contributed by atoms with Crippen LogP contribution < -0.4 is 0 Å². The van der Waals surface area contributed by atoms with Crippen molar-refractivity contribution in [3.63, 3.8) is 0 Å². The van der Waals surface area contributed by atoms with Crippen molar-refractivity contribution >= 4 is 0 Å². The van der Waals surface area contributed by atoms with Crippen LogP contribution in [0.25, 0.3) is 0 Å². The highest BCUT2D eigenvalue weighted by atomic mass is 19.2. The van der Waals surface area contributed by atoms with Crippen molar-refractivity contribution in [3.05, 3.63) is 34.9 Å². The maximum absolute atomic E-state index is 13.2. The molecule has 1 aliphatic heterocycles. The van der Waals surface area contributed by atoms with E-state index in [1.807, 2.05) is 6.07 Å². The molecular formula is C14H15F2NO2. The molecule has 1 aromatic rings. The first kappa shape index (κ1) is 13.9. The normalized spacial score (nSPS) is 19.1. The minimum absolute atomic E-state index is 0.0292. The SMILES string of the molecule is N#CCc1cc(F)c(F)cc1COC1CCCCO1. The maximum atomic E-state index is 13.2. The van der Waals surface area contributed by atoms with Crippen LogP contribution in [0.4, 0.5) is 8.78 Å². The summed E-state index contributed by atoms with van der Waals surface area (Å²) in [6.07, 6.45) is 2.59. The van der Waals surface area contributed by atoms with Gasteiger partial charge >= 0.3 is 0 Å². The fourth-order valence-corrected chi connectivity index (χ4v) is 2.04. The quantitative estimate of drug-likeness (QED) is 0.842. The van der Waals surface area contributed by atoms with Crippen molar-refractivity contribution in [1.82, 2.24) is 0 Å². The van der Waals surface area contributed by atoms with E-state index in [1.165, 1.54) is 0 Å². The molecule has 2 rings (SSSR count). The topological polar surface area (TPSA) is 42.2 Å². The van der Waals surface area contributed by atoms with Gasteiger partial charge in [0.2, 0.25) is 0 Å². The van der Waals surface area contributed by atoms with Gasteiger partial charge in [-0.05, 0) is 42.5 Å². The summed E-state index contributed by atoms with van der Waals surface area (Å²) in [7, 11) is 0. The van der Waals surface area contributed by atoms with E-state index in [0.29, 0.717) is 17.7 Å². The van der Waals surface area contributed by atoms with Gasteiger partial charge in [-0.25, -0.2) is 8.78 Å². The van der Waals surface area contributed by atoms with Crippen molar-refractivity contribution in [1.29, 1.82) is 5.26 Å². The smallest absolute Gasteiger partial charge is 0.159 e. The first-order valence-electron chi connectivity index (χ1n) is 6.27. The Morgan fingerprint density at radius 3 is 2.63 bits per heavy atom. The van der Waals surface area contributed by atoms with Crippen LogP contribution in [0.3, 0.4) is 0 Å². The molecule has 3 nitrogen and oxygen atoms in total. The molecule has 0 bridgehead atoms. The molecule has 5 heteroatoms. The van der Waals surface area contributed by atoms with E-state index in [2.05, 4.69) is 0 Å². The fraction of sp³-hybridized carbons (Fsp3) is 0.500. The zero-order chi connectivity index (χ0) is 13.7. The van der Waals surface area contributed by atoms with Gasteiger partial charge in [0.15, 0.2) is 17.9 Å². The summed E-state index contributed by atoms with van der Waals surface area (Å²) in [5, 5.41) is 8.69. The molecule has 0 aromatic heterocycles. The number of benzene rings is 1. The van der Waals surface area contributed by atoms with Crippen molar-refractivity contribution in [3.8, 4) is 6.07 Å². The molecule has 0 aliphatic carbocycles. The molecule has 1 heterocycles. The lowest BCUT2D eigenvalue weighted by Gasteiger charge is -2.23. The van der Waals surface area contributed by atoms with Gasteiger partial charge < -0.3 is 9.47 Å². The molecule has 0 radical (unpaired) electrons. The Bertz CT molecular complexity index is 479. The monoisotopic (exact) mass is 267 g/mol. The van der Waals surface area contributed by atoms with Crippen LogP contribution in [-0.4, -0.2) is 12.9 Å². The zero-order valence-electron chi connectivity index (χ0n) is 10.5. The van der Waals surface area contributed by atoms with Gasteiger partial charge in [0.05, 0.1) is 19.1 Å². The average Bonchev–Trinajstić information content (AvgIpc) is 2.42. The molecule has 0 saturated carbocycles. The number of ether oxygens (including phenoxy) is 2. The first-order valence-corrected chi connectivity index (χ1v) is 6.27. The summed E-state index contributed by atoms with van der Waals surface area (Å²) in [6.45, 7) is 0.784. The molecule has 1 aromatic carbocycles. The predicted octanol–water partition coefficient (Wildman–Crippen LogP) is 3.07. The molecule has 0 spiro atoms. The van der Waals surface area contributed by atoms with Crippen molar-refractivity contribution < 1.29 is 18.3 Å². The second-order valence-corrected chi connectivity index (χ2v) is 4.48. The Labute approximate surface area is 110 Å². The van der Waals surface area contributed by atoms with Gasteiger partial charge in [-0.1, -0.05) is 0 Å². The molecule has 1 fully saturated rings. The van der Waals surface area contributed by atoms with E-state index in [4.69, 9.17) is 14.7 Å². The fourth-order valence-electron chi connectivity index (χ4n) is 2.04. The van der Waals surface area contributed by atoms with E-state index in [0.717, 1.165) is 31.4 Å². The molecule has 1 unspecified atom stereocenters. The van der Waals surface area contributed by atoms with Gasteiger partial charge in [0.25, 0.3) is 0 Å². The van der Waals surface area contributed by atoms with Crippen LogP contribution >= 0.6 is 0 Å². The average molecular weight is 267 g/mol. The number of hydrogen-bond donors (Lipinski definition) is 0. The van der Waals surface area contributed by atoms with Crippen molar-refractivity contribution in [2.24, 2.45) is 0 Å². The predicted molar refractivity (Wildman–Crippen MR) is 64.1 cm³/mol. The van der Waals surface area contributed by atoms with Crippen LogP contribution in [0.5, 0.6) is 0 Å². The number of nitrogens with zero attached hydrogens (tertiary/aromatic N) is 1. The Kier molecular flexibility index (Phi) is 4.83. The van der Waals surface area contributed by atoms with Gasteiger partial charge in [0.1, 0.15) is 0 Å². The maximum Gasteiger partial charge on any atom is 0.159 e. The molecule has 102 valence electrons. The molecule has 0 N–H and O–H groups in total. The molecule has 1 aliphatic rings. The van der Waals surface area contributed by atoms with Crippen LogP contribution in [0, 0.1) is 23.0 Å². The lowest BCUT2D eigenvalue weighted by molar-refractivity contribution is -0.169. The zero-order valence-corrected chi connectivity index (χ0v) is 10.5. The van der Waals surface area contributed by atoms with E-state index < -0.39 is 11.6 Å². The largest absolute Gasteiger partial charge is 0.353 e. The van der Waals surface area contributed by atoms with E-state index in [1.54, 1.807) is 0 Å². The number of nitriles is 1. The molecule has 0 amide bonds. The number of halogens is 2. The second kappa shape index (κ2) is 6.60. The lowest BCUT2D eigenvalue weighted by Crippen LogP contribution is -2.22. The molecule has 1 atom stereocenters. The Hall–Kier alpha value is -1.51. The molecular weight excluding hydrogens is 252 g/mol. The third-order valence-electron chi connectivity index (χ3n) is 3.07. The highest BCUT2D eigenvalue weighted by molar-refractivity contribution is 5.30. The van der Waals surface area contributed by atoms with E-state index >= 15 is 0 Å². The summed E-state index contributed by atoms with van der Waals surface area (Å²) in [6, 6.07) is 4.08. The van der Waals surface area contributed by atoms with Crippen LogP contribution in [0.2, 0.25) is 0 Å². The van der Waals surface area contributed by atoms with E-state index in [-0.39, 0.29) is 19.3 Å². The summed E-state index contributed by atoms with van der Waals surface area (Å²) >= 11 is 0. The Morgan fingerprint density at radius 1 is 1.26 bits per heavy atom. The van der Waals surface area contributed by atoms with Crippen LogP contribution in [0.15, 0.2) is 12.1 Å². The van der Waals surface area contributed by atoms with Gasteiger partial charge in [0, 0.05) is 6.61 Å². The summed E-state index contributed by atoms with van der Waals surface area (Å²) in [5.74, 6) is -1.87. The minimum atomic E-state index is -0.942. The van der Waals surface area contributed by atoms with Crippen LogP contribution in [0.1, 0.15) is 30.4 Å². The third kappa shape index (κ3) is 3.72. The Balaban J connectivity index is 2.05. The van der Waals surface area contributed by atoms with Gasteiger partial charge in [-0.3, -0.25) is 0 Å². The van der Waals surface area contributed by atoms with Gasteiger partial charge in [-0.15, -0.1) is 0 Å². The van der Waals surface area contributed by atoms with Crippen molar-refractivity contribution in [2.45, 2.75) is 38.6 Å². The molecule has 19 heavy (non-hydrogen) atoms. The van der Waals surface area contributed by atoms with Crippen LogP contribution in [-0.2, 0) is 22.5 Å². The molecule has 1 saturated heterocycles. The first-order chi connectivity index (χ1) is 9.20. The summed E-state index contributed by atoms with van der Waals surface area (Å²) in [4.78, 5) is 0. The Morgan fingerprint density at radius 2 is 2.00 bits per heavy atom. The third-order valence-corrected chi connectivity index (χ3v) is 3.07. The highest BCUT2D eigenvalue weighted by Gasteiger charge is 2.16. The minimum Gasteiger partial charge on any atom is -0.353 e. The highest BCUT2D eigenvalue weighted by Crippen LogP contribution is 2.20. The summed E-state index contributed by atoms with van der Waals surface area (Å²) < 4.78 is 37.3. The van der Waals surface area contributed by atoms with Crippen molar-refractivity contribution in [2.75, 3.05) is 6.61 Å². The lowest BCUT2D eigenvalue weighted by atomic mass is 10.1. The second-order valence-electron chi connectivity index (χ2n) is 4.48. The summed E-state index contributed by atoms with van der Waals surface area (Å²) in [5.41, 5.74) is 0.951. The van der Waals surface area contributed by atoms with Gasteiger partial charge in [-0.2, -0.15) is 5.26 Å². The standard InChI is InChI=1S/C14H15F2NO2/c15-12-7-10(4-5-17)11(8-13(12)16)9-19-14-3-1-2-6-18-14/h7-8,14H,1-4,6,9H2.